The number of aromatic carboxylic acids is 2. The molecule has 15 heteroatoms. The predicted octanol–water partition coefficient (Wildman–Crippen LogP) is 9.95. The van der Waals surface area contributed by atoms with Gasteiger partial charge in [0.1, 0.15) is 38.7 Å². The summed E-state index contributed by atoms with van der Waals surface area (Å²) >= 11 is 0. The van der Waals surface area contributed by atoms with Crippen molar-refractivity contribution >= 4 is 56.0 Å². The van der Waals surface area contributed by atoms with Crippen molar-refractivity contribution in [3.8, 4) is 28.2 Å². The first-order valence-electron chi connectivity index (χ1n) is 23.4. The van der Waals surface area contributed by atoms with Gasteiger partial charge in [-0.1, -0.05) is 68.0 Å². The lowest BCUT2D eigenvalue weighted by molar-refractivity contribution is -0.441. The normalized spacial score (nSPS) is 15.6. The van der Waals surface area contributed by atoms with E-state index in [-0.39, 0.29) is 68.5 Å². The van der Waals surface area contributed by atoms with Crippen LogP contribution in [-0.4, -0.2) is 69.5 Å². The van der Waals surface area contributed by atoms with Gasteiger partial charge in [-0.05, 0) is 106 Å². The fourth-order valence-corrected chi connectivity index (χ4v) is 10.8. The molecule has 0 aromatic heterocycles. The fraction of sp³-hybridized carbons (Fsp3) is 0.268. The molecule has 0 saturated heterocycles. The molecule has 14 nitrogen and oxygen atoms in total. The number of unbranched alkanes of at least 4 members (excludes halogenated alkanes) is 2. The van der Waals surface area contributed by atoms with Gasteiger partial charge in [0.2, 0.25) is 11.6 Å². The molecule has 4 aliphatic rings. The third-order valence-electron chi connectivity index (χ3n) is 13.7. The van der Waals surface area contributed by atoms with E-state index in [4.69, 9.17) is 4.42 Å². The van der Waals surface area contributed by atoms with E-state index in [1.807, 2.05) is 48.8 Å². The van der Waals surface area contributed by atoms with Gasteiger partial charge in [-0.2, -0.15) is 4.58 Å². The Bertz CT molecular complexity index is 3450. The Morgan fingerprint density at radius 3 is 2.32 bits per heavy atom. The number of likely N-dealkylation sites (N-methyl/N-ethyl adjacent to an activating group) is 1. The first-order valence-corrected chi connectivity index (χ1v) is 24.8. The Balaban J connectivity index is 0.999. The number of hydrogen-bond acceptors (Lipinski definition) is 10. The van der Waals surface area contributed by atoms with Crippen molar-refractivity contribution < 1.29 is 51.7 Å². The third-order valence-corrected chi connectivity index (χ3v) is 14.6. The molecule has 3 aliphatic heterocycles. The van der Waals surface area contributed by atoms with Gasteiger partial charge >= 0.3 is 11.9 Å². The molecule has 0 unspecified atom stereocenters. The van der Waals surface area contributed by atoms with Gasteiger partial charge in [-0.25, -0.2) is 18.0 Å². The number of aromatic hydroxyl groups is 1. The number of nitrogens with zero attached hydrogens (tertiary/aromatic N) is 2. The average Bonchev–Trinajstić information content (AvgIpc) is 3.66. The van der Waals surface area contributed by atoms with Crippen molar-refractivity contribution in [1.82, 2.24) is 5.32 Å². The summed E-state index contributed by atoms with van der Waals surface area (Å²) in [6.07, 6.45) is 11.6. The number of fused-ring (bicyclic) bond motifs is 4. The molecule has 4 aromatic rings. The van der Waals surface area contributed by atoms with Gasteiger partial charge in [0.25, 0.3) is 0 Å². The van der Waals surface area contributed by atoms with E-state index in [0.29, 0.717) is 53.6 Å². The van der Waals surface area contributed by atoms with Crippen molar-refractivity contribution in [3.05, 3.63) is 165 Å². The second-order valence-electron chi connectivity index (χ2n) is 19.0. The van der Waals surface area contributed by atoms with Crippen molar-refractivity contribution in [2.24, 2.45) is 0 Å². The molecule has 8 rings (SSSR count). The van der Waals surface area contributed by atoms with Crippen molar-refractivity contribution in [2.45, 2.75) is 89.5 Å². The van der Waals surface area contributed by atoms with Crippen LogP contribution in [0.4, 0.5) is 11.4 Å². The maximum absolute atomic E-state index is 13.4. The lowest BCUT2D eigenvalue weighted by Gasteiger charge is -2.25. The first-order chi connectivity index (χ1) is 33.6. The second-order valence-corrected chi connectivity index (χ2v) is 20.3. The van der Waals surface area contributed by atoms with E-state index in [9.17, 15) is 47.5 Å². The highest BCUT2D eigenvalue weighted by Crippen LogP contribution is 2.49. The number of carboxylic acids is 2. The molecule has 3 heterocycles. The topological polar surface area (TPSA) is 218 Å². The van der Waals surface area contributed by atoms with Gasteiger partial charge in [0.15, 0.2) is 11.1 Å². The zero-order valence-corrected chi connectivity index (χ0v) is 41.1. The van der Waals surface area contributed by atoms with Gasteiger partial charge in [0.05, 0.1) is 28.7 Å². The van der Waals surface area contributed by atoms with Gasteiger partial charge in [-0.15, -0.1) is 0 Å². The Morgan fingerprint density at radius 1 is 0.845 bits per heavy atom. The van der Waals surface area contributed by atoms with Crippen LogP contribution >= 0.6 is 0 Å². The van der Waals surface area contributed by atoms with E-state index in [1.54, 1.807) is 6.07 Å². The number of aryl methyl sites for hydroxylation is 1. The number of rotatable bonds is 16. The first kappa shape index (κ1) is 49.8. The summed E-state index contributed by atoms with van der Waals surface area (Å²) in [6, 6.07) is 21.9. The molecular weight excluding hydrogens is 923 g/mol. The van der Waals surface area contributed by atoms with E-state index < -0.39 is 32.9 Å². The number of carbonyl (C=O) groups excluding carboxylic acids is 1. The standard InChI is InChI=1S/C56H55N3O11S/c1-7-58-43-26-20-33(2)29-42(43)56(5,6)47(58)17-10-8-11-18-48-55(3,4)41-15-14-16-46(71(67,68)69)51(41)59(48)28-13-9-12-19-49(62)57-32-40-44(61)27-25-38-50(37-24-22-35(60)31-45(37)70-52(38)40)36-23-21-34(53(63)64)30-39(36)54(65)66/h8,10-11,14-18,20-27,29-31H,7,9,12-13,19,28,32H2,1-6H3,(H4-,57,60,61,62,63,64,65,66,67,68,69). The van der Waals surface area contributed by atoms with Crippen LogP contribution in [0.5, 0.6) is 5.75 Å². The molecule has 366 valence electrons. The molecule has 0 fully saturated rings. The third kappa shape index (κ3) is 9.42. The smallest absolute Gasteiger partial charge is 0.336 e. The van der Waals surface area contributed by atoms with Crippen LogP contribution in [0, 0.1) is 6.92 Å². The summed E-state index contributed by atoms with van der Waals surface area (Å²) in [5.41, 5.74) is 6.07. The van der Waals surface area contributed by atoms with Crippen LogP contribution < -0.4 is 15.6 Å². The van der Waals surface area contributed by atoms with E-state index in [1.165, 1.54) is 71.0 Å². The highest BCUT2D eigenvalue weighted by Gasteiger charge is 2.46. The zero-order valence-electron chi connectivity index (χ0n) is 40.3. The second kappa shape index (κ2) is 19.3. The quantitative estimate of drug-likeness (QED) is 0.0234. The Hall–Kier alpha value is -7.62. The van der Waals surface area contributed by atoms with Crippen LogP contribution in [0.25, 0.3) is 33.4 Å². The molecule has 4 N–H and O–H groups in total. The van der Waals surface area contributed by atoms with Crippen molar-refractivity contribution in [2.75, 3.05) is 18.0 Å². The highest BCUT2D eigenvalue weighted by molar-refractivity contribution is 7.85. The SMILES string of the molecule is CCN1/C(=C/C=C/C=C/C2=[N+](CCCCCC(=O)NCc3c(O)ccc4c(-c5ccc(C(=O)O)cc5C(=O)O)c5ccc(=O)cc-5oc34)c3c(cccc3S(=O)(=O)[O-])C2(C)C)C(C)(C)c2cc(C)ccc21. The summed E-state index contributed by atoms with van der Waals surface area (Å²) in [5, 5.41) is 34.0. The number of anilines is 1. The average molecular weight is 978 g/mol. The minimum Gasteiger partial charge on any atom is -0.744 e. The Morgan fingerprint density at radius 2 is 1.61 bits per heavy atom. The molecule has 0 atom stereocenters. The van der Waals surface area contributed by atoms with Crippen LogP contribution in [0.15, 0.2) is 135 Å². The summed E-state index contributed by atoms with van der Waals surface area (Å²) < 4.78 is 46.1. The lowest BCUT2D eigenvalue weighted by atomic mass is 9.81. The number of hydrogen-bond donors (Lipinski definition) is 4. The maximum atomic E-state index is 13.4. The fourth-order valence-electron chi connectivity index (χ4n) is 10.1. The van der Waals surface area contributed by atoms with Gasteiger partial charge in [0, 0.05) is 70.4 Å². The number of phenols is 1. The number of carbonyl (C=O) groups is 3. The van der Waals surface area contributed by atoms with E-state index in [2.05, 4.69) is 62.2 Å². The Labute approximate surface area is 411 Å². The lowest BCUT2D eigenvalue weighted by Crippen LogP contribution is -2.28. The summed E-state index contributed by atoms with van der Waals surface area (Å²) in [7, 11) is -4.84. The molecule has 0 radical (unpaired) electrons. The molecule has 0 saturated carbocycles. The monoisotopic (exact) mass is 977 g/mol. The van der Waals surface area contributed by atoms with E-state index >= 15 is 0 Å². The van der Waals surface area contributed by atoms with Crippen molar-refractivity contribution in [1.29, 1.82) is 0 Å². The summed E-state index contributed by atoms with van der Waals surface area (Å²) in [4.78, 5) is 52.1. The van der Waals surface area contributed by atoms with Crippen LogP contribution in [-0.2, 0) is 32.3 Å². The minimum atomic E-state index is -4.84. The number of nitrogens with one attached hydrogen (secondary N) is 1. The molecule has 4 aromatic carbocycles. The van der Waals surface area contributed by atoms with Crippen molar-refractivity contribution in [3.63, 3.8) is 0 Å². The highest BCUT2D eigenvalue weighted by atomic mass is 32.2. The zero-order chi connectivity index (χ0) is 51.2. The predicted molar refractivity (Wildman–Crippen MR) is 271 cm³/mol. The number of allylic oxidation sites excluding steroid dienone is 6. The van der Waals surface area contributed by atoms with E-state index in [0.717, 1.165) is 18.3 Å². The molecule has 1 aliphatic carbocycles. The molecule has 0 bridgehead atoms. The van der Waals surface area contributed by atoms with Crippen LogP contribution in [0.2, 0.25) is 0 Å². The minimum absolute atomic E-state index is 0.0828. The Kier molecular flexibility index (Phi) is 13.5. The number of phenolic OH excluding ortho intramolecular Hbond substituents is 1. The molecule has 1 amide bonds. The molecule has 71 heavy (non-hydrogen) atoms. The number of para-hydroxylation sites is 1. The summed E-state index contributed by atoms with van der Waals surface area (Å²) in [5.74, 6) is -3.18. The number of amides is 1. The van der Waals surface area contributed by atoms with Crippen LogP contribution in [0.3, 0.4) is 0 Å². The van der Waals surface area contributed by atoms with Gasteiger partial charge < -0.3 is 34.5 Å². The summed E-state index contributed by atoms with van der Waals surface area (Å²) in [6.45, 7) is 13.7. The number of benzene rings is 5. The number of carboxylic acid groups (broad SMARTS) is 2. The molecular formula is C56H55N3O11S. The molecule has 0 spiro atoms. The largest absolute Gasteiger partial charge is 0.744 e. The van der Waals surface area contributed by atoms with Crippen LogP contribution in [0.1, 0.15) is 103 Å². The maximum Gasteiger partial charge on any atom is 0.336 e. The van der Waals surface area contributed by atoms with Gasteiger partial charge in [-0.3, -0.25) is 9.59 Å².